The highest BCUT2D eigenvalue weighted by atomic mass is 16.5. The maximum absolute atomic E-state index is 5.68. The Morgan fingerprint density at radius 3 is 3.12 bits per heavy atom. The minimum atomic E-state index is 0.457. The van der Waals surface area contributed by atoms with Crippen molar-refractivity contribution in [3.63, 3.8) is 0 Å². The van der Waals surface area contributed by atoms with Gasteiger partial charge in [0.25, 0.3) is 0 Å². The van der Waals surface area contributed by atoms with Gasteiger partial charge in [-0.15, -0.1) is 0 Å². The van der Waals surface area contributed by atoms with Crippen LogP contribution in [0.4, 0.5) is 0 Å². The lowest BCUT2D eigenvalue weighted by molar-refractivity contribution is 0.0872. The third-order valence-corrected chi connectivity index (χ3v) is 3.42. The van der Waals surface area contributed by atoms with Gasteiger partial charge >= 0.3 is 0 Å². The molecule has 0 saturated carbocycles. The summed E-state index contributed by atoms with van der Waals surface area (Å²) in [4.78, 5) is 4.20. The van der Waals surface area contributed by atoms with Crippen LogP contribution in [0.1, 0.15) is 30.9 Å². The van der Waals surface area contributed by atoms with Crippen molar-refractivity contribution in [1.82, 2.24) is 10.3 Å². The summed E-state index contributed by atoms with van der Waals surface area (Å²) in [6.45, 7) is 7.16. The fraction of sp³-hybridized carbons (Fsp3) is 0.643. The molecule has 1 N–H and O–H groups in total. The first kappa shape index (κ1) is 12.5. The molecule has 0 radical (unpaired) electrons. The Balaban J connectivity index is 1.76. The van der Waals surface area contributed by atoms with Crippen LogP contribution in [0.2, 0.25) is 0 Å². The van der Waals surface area contributed by atoms with Crippen LogP contribution in [0.3, 0.4) is 0 Å². The molecule has 1 aromatic rings. The van der Waals surface area contributed by atoms with E-state index in [0.717, 1.165) is 26.1 Å². The number of nitrogens with one attached hydrogen (secondary N) is 1. The lowest BCUT2D eigenvalue weighted by Crippen LogP contribution is -2.28. The molecule has 3 heteroatoms. The number of aryl methyl sites for hydroxylation is 1. The van der Waals surface area contributed by atoms with Crippen molar-refractivity contribution in [3.8, 4) is 0 Å². The first-order chi connectivity index (χ1) is 8.29. The van der Waals surface area contributed by atoms with E-state index in [-0.39, 0.29) is 0 Å². The molecule has 1 saturated heterocycles. The Labute approximate surface area is 104 Å². The molecule has 0 amide bonds. The number of hydrogen-bond donors (Lipinski definition) is 1. The second-order valence-electron chi connectivity index (χ2n) is 4.87. The summed E-state index contributed by atoms with van der Waals surface area (Å²) in [6.07, 6.45) is 6.60. The van der Waals surface area contributed by atoms with Crippen molar-refractivity contribution in [2.24, 2.45) is 5.92 Å². The Morgan fingerprint density at radius 1 is 1.47 bits per heavy atom. The van der Waals surface area contributed by atoms with E-state index in [4.69, 9.17) is 4.74 Å². The zero-order chi connectivity index (χ0) is 12.1. The van der Waals surface area contributed by atoms with Gasteiger partial charge in [-0.2, -0.15) is 0 Å². The van der Waals surface area contributed by atoms with Gasteiger partial charge in [-0.1, -0.05) is 13.0 Å². The van der Waals surface area contributed by atoms with Crippen LogP contribution in [-0.4, -0.2) is 24.2 Å². The van der Waals surface area contributed by atoms with Crippen LogP contribution in [-0.2, 0) is 11.3 Å². The summed E-state index contributed by atoms with van der Waals surface area (Å²) >= 11 is 0. The molecule has 94 valence electrons. The fourth-order valence-corrected chi connectivity index (χ4v) is 2.49. The van der Waals surface area contributed by atoms with Gasteiger partial charge in [0.15, 0.2) is 0 Å². The van der Waals surface area contributed by atoms with Crippen LogP contribution in [0.15, 0.2) is 18.5 Å². The molecule has 17 heavy (non-hydrogen) atoms. The average Bonchev–Trinajstić information content (AvgIpc) is 2.77. The Bertz CT molecular complexity index is 354. The minimum absolute atomic E-state index is 0.457. The molecular weight excluding hydrogens is 212 g/mol. The molecule has 2 unspecified atom stereocenters. The van der Waals surface area contributed by atoms with Gasteiger partial charge in [-0.25, -0.2) is 0 Å². The maximum Gasteiger partial charge on any atom is 0.0613 e. The molecule has 1 aliphatic heterocycles. The van der Waals surface area contributed by atoms with Gasteiger partial charge in [-0.05, 0) is 36.8 Å². The predicted octanol–water partition coefficient (Wildman–Crippen LogP) is 2.29. The quantitative estimate of drug-likeness (QED) is 0.849. The van der Waals surface area contributed by atoms with Crippen LogP contribution >= 0.6 is 0 Å². The molecule has 3 nitrogen and oxygen atoms in total. The predicted molar refractivity (Wildman–Crippen MR) is 68.8 cm³/mol. The van der Waals surface area contributed by atoms with Crippen LogP contribution < -0.4 is 5.32 Å². The lowest BCUT2D eigenvalue weighted by Gasteiger charge is -2.17. The summed E-state index contributed by atoms with van der Waals surface area (Å²) in [7, 11) is 0. The maximum atomic E-state index is 5.68. The summed E-state index contributed by atoms with van der Waals surface area (Å²) in [5.74, 6) is 0.678. The highest BCUT2D eigenvalue weighted by Crippen LogP contribution is 2.22. The van der Waals surface area contributed by atoms with Crippen molar-refractivity contribution in [2.75, 3.05) is 13.2 Å². The van der Waals surface area contributed by atoms with E-state index in [9.17, 15) is 0 Å². The van der Waals surface area contributed by atoms with E-state index in [1.807, 2.05) is 12.4 Å². The summed E-state index contributed by atoms with van der Waals surface area (Å²) in [5.41, 5.74) is 2.48. The number of aromatic nitrogens is 1. The SMILES string of the molecule is CCC1OCCC1CNCc1cncc(C)c1. The van der Waals surface area contributed by atoms with E-state index in [1.54, 1.807) is 0 Å². The number of rotatable bonds is 5. The fourth-order valence-electron chi connectivity index (χ4n) is 2.49. The molecule has 1 aliphatic rings. The normalized spacial score (nSPS) is 24.1. The summed E-state index contributed by atoms with van der Waals surface area (Å²) < 4.78 is 5.68. The molecule has 1 aromatic heterocycles. The van der Waals surface area contributed by atoms with E-state index < -0.39 is 0 Å². The van der Waals surface area contributed by atoms with E-state index >= 15 is 0 Å². The van der Waals surface area contributed by atoms with E-state index in [2.05, 4.69) is 30.2 Å². The van der Waals surface area contributed by atoms with Crippen molar-refractivity contribution >= 4 is 0 Å². The molecule has 0 aliphatic carbocycles. The van der Waals surface area contributed by atoms with Gasteiger partial charge in [-0.3, -0.25) is 4.98 Å². The zero-order valence-electron chi connectivity index (χ0n) is 10.8. The topological polar surface area (TPSA) is 34.1 Å². The average molecular weight is 234 g/mol. The largest absolute Gasteiger partial charge is 0.378 e. The number of ether oxygens (including phenoxy) is 1. The first-order valence-electron chi connectivity index (χ1n) is 6.52. The molecule has 2 atom stereocenters. The van der Waals surface area contributed by atoms with Crippen LogP contribution in [0.25, 0.3) is 0 Å². The molecule has 0 aromatic carbocycles. The standard InChI is InChI=1S/C14H22N2O/c1-3-14-13(4-5-17-14)10-16-9-12-6-11(2)7-15-8-12/h6-8,13-14,16H,3-5,9-10H2,1-2H3. The molecule has 1 fully saturated rings. The minimum Gasteiger partial charge on any atom is -0.378 e. The highest BCUT2D eigenvalue weighted by molar-refractivity contribution is 5.16. The summed E-state index contributed by atoms with van der Waals surface area (Å²) in [6, 6.07) is 2.18. The third-order valence-electron chi connectivity index (χ3n) is 3.42. The molecule has 0 spiro atoms. The Morgan fingerprint density at radius 2 is 2.35 bits per heavy atom. The number of hydrogen-bond acceptors (Lipinski definition) is 3. The summed E-state index contributed by atoms with van der Waals surface area (Å²) in [5, 5.41) is 3.52. The van der Waals surface area contributed by atoms with Crippen molar-refractivity contribution < 1.29 is 4.74 Å². The van der Waals surface area contributed by atoms with E-state index in [0.29, 0.717) is 12.0 Å². The van der Waals surface area contributed by atoms with Crippen molar-refractivity contribution in [2.45, 2.75) is 39.3 Å². The molecular formula is C14H22N2O. The Hall–Kier alpha value is -0.930. The van der Waals surface area contributed by atoms with Gasteiger partial charge in [0.1, 0.15) is 0 Å². The van der Waals surface area contributed by atoms with Gasteiger partial charge in [0.05, 0.1) is 6.10 Å². The monoisotopic (exact) mass is 234 g/mol. The van der Waals surface area contributed by atoms with Crippen molar-refractivity contribution in [1.29, 1.82) is 0 Å². The van der Waals surface area contributed by atoms with Crippen molar-refractivity contribution in [3.05, 3.63) is 29.6 Å². The Kier molecular flexibility index (Phi) is 4.51. The number of nitrogens with zero attached hydrogens (tertiary/aromatic N) is 1. The second kappa shape index (κ2) is 6.12. The van der Waals surface area contributed by atoms with Crippen LogP contribution in [0.5, 0.6) is 0 Å². The third kappa shape index (κ3) is 3.51. The van der Waals surface area contributed by atoms with Gasteiger partial charge in [0, 0.05) is 32.1 Å². The van der Waals surface area contributed by atoms with E-state index in [1.165, 1.54) is 17.5 Å². The van der Waals surface area contributed by atoms with Gasteiger partial charge < -0.3 is 10.1 Å². The van der Waals surface area contributed by atoms with Gasteiger partial charge in [0.2, 0.25) is 0 Å². The molecule has 2 rings (SSSR count). The molecule has 2 heterocycles. The second-order valence-corrected chi connectivity index (χ2v) is 4.87. The lowest BCUT2D eigenvalue weighted by atomic mass is 9.99. The number of pyridine rings is 1. The first-order valence-corrected chi connectivity index (χ1v) is 6.52. The smallest absolute Gasteiger partial charge is 0.0613 e. The van der Waals surface area contributed by atoms with Crippen LogP contribution in [0, 0.1) is 12.8 Å². The molecule has 0 bridgehead atoms. The zero-order valence-corrected chi connectivity index (χ0v) is 10.8. The highest BCUT2D eigenvalue weighted by Gasteiger charge is 2.25.